The number of hydrogen-bond donors (Lipinski definition) is 1. The summed E-state index contributed by atoms with van der Waals surface area (Å²) in [5.41, 5.74) is 5.31. The van der Waals surface area contributed by atoms with Crippen molar-refractivity contribution in [2.75, 3.05) is 16.8 Å². The highest BCUT2D eigenvalue weighted by Crippen LogP contribution is 2.39. The molecule has 1 aliphatic carbocycles. The Morgan fingerprint density at radius 2 is 1.93 bits per heavy atom. The number of anilines is 2. The van der Waals surface area contributed by atoms with Gasteiger partial charge in [-0.05, 0) is 81.0 Å². The third-order valence-electron chi connectivity index (χ3n) is 5.80. The van der Waals surface area contributed by atoms with Crippen molar-refractivity contribution in [3.05, 3.63) is 52.8 Å². The van der Waals surface area contributed by atoms with Crippen LogP contribution in [0.15, 0.2) is 35.3 Å². The number of aryl methyl sites for hydroxylation is 3. The van der Waals surface area contributed by atoms with E-state index in [1.165, 1.54) is 11.0 Å². The van der Waals surface area contributed by atoms with Crippen LogP contribution in [0.1, 0.15) is 36.0 Å². The second kappa shape index (κ2) is 7.43. The summed E-state index contributed by atoms with van der Waals surface area (Å²) in [4.78, 5) is 32.3. The fourth-order valence-corrected chi connectivity index (χ4v) is 3.96. The Labute approximate surface area is 169 Å². The van der Waals surface area contributed by atoms with E-state index < -0.39 is 0 Å². The largest absolute Gasteiger partial charge is 0.324 e. The Balaban J connectivity index is 1.65. The summed E-state index contributed by atoms with van der Waals surface area (Å²) in [6.45, 7) is 5.52. The highest BCUT2D eigenvalue weighted by Gasteiger charge is 2.37. The predicted molar refractivity (Wildman–Crippen MR) is 112 cm³/mol. The fourth-order valence-electron chi connectivity index (χ4n) is 3.96. The van der Waals surface area contributed by atoms with Gasteiger partial charge in [0.1, 0.15) is 12.4 Å². The first-order valence-corrected chi connectivity index (χ1v) is 9.89. The first kappa shape index (κ1) is 19.3. The van der Waals surface area contributed by atoms with E-state index in [1.54, 1.807) is 19.1 Å². The minimum absolute atomic E-state index is 0.0894. The maximum absolute atomic E-state index is 13.8. The molecule has 1 atom stereocenters. The molecule has 0 radical (unpaired) electrons. The zero-order valence-corrected chi connectivity index (χ0v) is 16.9. The molecule has 1 saturated carbocycles. The van der Waals surface area contributed by atoms with E-state index in [-0.39, 0.29) is 30.1 Å². The molecule has 2 amide bonds. The van der Waals surface area contributed by atoms with Gasteiger partial charge in [0.05, 0.1) is 17.3 Å². The Hall–Kier alpha value is -3.02. The van der Waals surface area contributed by atoms with Crippen LogP contribution in [0, 0.1) is 32.5 Å². The van der Waals surface area contributed by atoms with E-state index in [2.05, 4.69) is 5.32 Å². The number of carbonyl (C=O) groups excluding carboxylic acids is 2. The minimum Gasteiger partial charge on any atom is -0.324 e. The Kier molecular flexibility index (Phi) is 4.94. The van der Waals surface area contributed by atoms with Crippen LogP contribution in [0.5, 0.6) is 0 Å². The summed E-state index contributed by atoms with van der Waals surface area (Å²) < 4.78 is 13.8. The van der Waals surface area contributed by atoms with Crippen LogP contribution in [0.3, 0.4) is 0 Å². The lowest BCUT2D eigenvalue weighted by atomic mass is 10.0. The molecule has 0 unspecified atom stereocenters. The fraction of sp³-hybridized carbons (Fsp3) is 0.348. The van der Waals surface area contributed by atoms with Crippen LogP contribution in [0.25, 0.3) is 0 Å². The second-order valence-electron chi connectivity index (χ2n) is 7.91. The number of carbonyl (C=O) groups is 2. The summed E-state index contributed by atoms with van der Waals surface area (Å²) in [6.07, 6.45) is 2.49. The lowest BCUT2D eigenvalue weighted by Gasteiger charge is -2.25. The van der Waals surface area contributed by atoms with E-state index in [4.69, 9.17) is 4.99 Å². The molecule has 150 valence electrons. The molecule has 1 N–H and O–H groups in total. The number of hydrogen-bond acceptors (Lipinski definition) is 3. The monoisotopic (exact) mass is 393 g/mol. The molecular weight excluding hydrogens is 369 g/mol. The van der Waals surface area contributed by atoms with Crippen LogP contribution in [-0.4, -0.2) is 24.1 Å². The molecule has 5 nitrogen and oxygen atoms in total. The van der Waals surface area contributed by atoms with Gasteiger partial charge in [-0.15, -0.1) is 0 Å². The van der Waals surface area contributed by atoms with Gasteiger partial charge in [-0.3, -0.25) is 14.6 Å². The van der Waals surface area contributed by atoms with Crippen LogP contribution in [0.2, 0.25) is 0 Å². The molecule has 1 aliphatic heterocycles. The first-order valence-electron chi connectivity index (χ1n) is 9.89. The average Bonchev–Trinajstić information content (AvgIpc) is 3.10. The molecule has 1 fully saturated rings. The molecular formula is C23H24FN3O2. The topological polar surface area (TPSA) is 61.8 Å². The van der Waals surface area contributed by atoms with Gasteiger partial charge in [-0.25, -0.2) is 4.39 Å². The van der Waals surface area contributed by atoms with Crippen LogP contribution in [0.4, 0.5) is 21.5 Å². The van der Waals surface area contributed by atoms with Crippen LogP contribution >= 0.6 is 0 Å². The molecule has 2 aliphatic rings. The van der Waals surface area contributed by atoms with Gasteiger partial charge in [0.2, 0.25) is 11.8 Å². The number of aliphatic imine (C=N–C) groups is 1. The highest BCUT2D eigenvalue weighted by atomic mass is 19.1. The average molecular weight is 393 g/mol. The third kappa shape index (κ3) is 3.67. The smallest absolute Gasteiger partial charge is 0.244 e. The first-order chi connectivity index (χ1) is 13.8. The zero-order valence-electron chi connectivity index (χ0n) is 16.9. The van der Waals surface area contributed by atoms with Crippen LogP contribution < -0.4 is 10.2 Å². The van der Waals surface area contributed by atoms with Gasteiger partial charge < -0.3 is 10.2 Å². The molecule has 0 spiro atoms. The van der Waals surface area contributed by atoms with Crippen molar-refractivity contribution >= 4 is 34.6 Å². The number of rotatable bonds is 3. The number of fused-ring (bicyclic) bond motifs is 2. The normalized spacial score (nSPS) is 18.1. The number of nitrogens with zero attached hydrogens (tertiary/aromatic N) is 2. The van der Waals surface area contributed by atoms with Crippen molar-refractivity contribution in [1.29, 1.82) is 0 Å². The van der Waals surface area contributed by atoms with Gasteiger partial charge in [0.15, 0.2) is 0 Å². The van der Waals surface area contributed by atoms with Crippen molar-refractivity contribution in [1.82, 2.24) is 0 Å². The van der Waals surface area contributed by atoms with Crippen LogP contribution in [-0.2, 0) is 9.59 Å². The molecule has 2 aromatic rings. The molecule has 29 heavy (non-hydrogen) atoms. The van der Waals surface area contributed by atoms with E-state index in [0.29, 0.717) is 16.9 Å². The second-order valence-corrected chi connectivity index (χ2v) is 7.91. The molecule has 2 aromatic carbocycles. The van der Waals surface area contributed by atoms with Crippen molar-refractivity contribution in [3.63, 3.8) is 0 Å². The van der Waals surface area contributed by atoms with Crippen molar-refractivity contribution < 1.29 is 14.0 Å². The maximum Gasteiger partial charge on any atom is 0.244 e. The van der Waals surface area contributed by atoms with Crippen molar-refractivity contribution in [2.24, 2.45) is 10.9 Å². The van der Waals surface area contributed by atoms with Crippen molar-refractivity contribution in [3.8, 4) is 0 Å². The van der Waals surface area contributed by atoms with Gasteiger partial charge in [-0.2, -0.15) is 0 Å². The molecule has 6 heteroatoms. The maximum atomic E-state index is 13.8. The zero-order chi connectivity index (χ0) is 20.7. The van der Waals surface area contributed by atoms with Gasteiger partial charge >= 0.3 is 0 Å². The Morgan fingerprint density at radius 1 is 1.17 bits per heavy atom. The number of benzene rings is 2. The van der Waals surface area contributed by atoms with E-state index >= 15 is 0 Å². The van der Waals surface area contributed by atoms with Gasteiger partial charge in [0.25, 0.3) is 0 Å². The number of halogens is 1. The number of amides is 2. The lowest BCUT2D eigenvalue weighted by Crippen LogP contribution is -2.42. The van der Waals surface area contributed by atoms with Gasteiger partial charge in [-0.1, -0.05) is 6.07 Å². The third-order valence-corrected chi connectivity index (χ3v) is 5.80. The summed E-state index contributed by atoms with van der Waals surface area (Å²) in [5, 5.41) is 2.70. The minimum atomic E-state index is -0.380. The summed E-state index contributed by atoms with van der Waals surface area (Å²) in [7, 11) is 0. The standard InChI is InChI=1S/C23H24FN3O2/c1-13-7-8-16(11-18(13)24)25-22(28)12-27-21-10-15(3)14(2)9-20(21)26-19-6-4-5-17(19)23(27)29/h7-11,17H,4-6,12H2,1-3H3,(H,25,28)/t17-/m1/s1. The summed E-state index contributed by atoms with van der Waals surface area (Å²) >= 11 is 0. The predicted octanol–water partition coefficient (Wildman–Crippen LogP) is 4.61. The molecule has 0 bridgehead atoms. The highest BCUT2D eigenvalue weighted by molar-refractivity contribution is 6.16. The molecule has 0 saturated heterocycles. The molecule has 0 aromatic heterocycles. The Morgan fingerprint density at radius 3 is 2.69 bits per heavy atom. The quantitative estimate of drug-likeness (QED) is 0.828. The molecule has 1 heterocycles. The number of nitrogens with one attached hydrogen (secondary N) is 1. The van der Waals surface area contributed by atoms with E-state index in [9.17, 15) is 14.0 Å². The lowest BCUT2D eigenvalue weighted by molar-refractivity contribution is -0.122. The van der Waals surface area contributed by atoms with E-state index in [0.717, 1.165) is 41.8 Å². The SMILES string of the molecule is Cc1cc2c(cc1C)N(CC(=O)Nc1ccc(C)c(F)c1)C(=O)[C@@H]1CCCC1=N2. The Bertz CT molecular complexity index is 1040. The van der Waals surface area contributed by atoms with Crippen molar-refractivity contribution in [2.45, 2.75) is 40.0 Å². The molecule has 4 rings (SSSR count). The van der Waals surface area contributed by atoms with E-state index in [1.807, 2.05) is 26.0 Å². The van der Waals surface area contributed by atoms with Gasteiger partial charge in [0, 0.05) is 11.4 Å². The summed E-state index contributed by atoms with van der Waals surface area (Å²) in [6, 6.07) is 8.46. The summed E-state index contributed by atoms with van der Waals surface area (Å²) in [5.74, 6) is -1.11.